The number of rotatable bonds is 9. The Kier molecular flexibility index (Phi) is 8.63. The molecule has 6 heteroatoms. The average Bonchev–Trinajstić information content (AvgIpc) is 2.81. The van der Waals surface area contributed by atoms with Gasteiger partial charge in [0.2, 0.25) is 5.91 Å². The van der Waals surface area contributed by atoms with Crippen LogP contribution in [0.2, 0.25) is 0 Å². The zero-order chi connectivity index (χ0) is 25.4. The quantitative estimate of drug-likeness (QED) is 0.469. The van der Waals surface area contributed by atoms with E-state index < -0.39 is 11.6 Å². The molecule has 0 saturated carbocycles. The van der Waals surface area contributed by atoms with Gasteiger partial charge in [0.05, 0.1) is 0 Å². The summed E-state index contributed by atoms with van der Waals surface area (Å²) in [7, 11) is 0. The van der Waals surface area contributed by atoms with Gasteiger partial charge in [-0.05, 0) is 63.1 Å². The predicted octanol–water partition coefficient (Wildman–Crippen LogP) is 5.07. The van der Waals surface area contributed by atoms with Crippen molar-refractivity contribution in [2.24, 2.45) is 0 Å². The molecule has 5 nitrogen and oxygen atoms in total. The summed E-state index contributed by atoms with van der Waals surface area (Å²) in [6, 6.07) is 22.3. The lowest BCUT2D eigenvalue weighted by atomic mass is 10.0. The number of benzene rings is 3. The fourth-order valence-electron chi connectivity index (χ4n) is 3.66. The Morgan fingerprint density at radius 3 is 2.14 bits per heavy atom. The molecule has 184 valence electrons. The van der Waals surface area contributed by atoms with Crippen LogP contribution in [0, 0.1) is 12.7 Å². The maximum absolute atomic E-state index is 13.5. The first-order valence-corrected chi connectivity index (χ1v) is 11.7. The van der Waals surface area contributed by atoms with E-state index in [4.69, 9.17) is 4.74 Å². The van der Waals surface area contributed by atoms with Gasteiger partial charge in [-0.2, -0.15) is 0 Å². The van der Waals surface area contributed by atoms with Crippen LogP contribution in [0.5, 0.6) is 5.75 Å². The monoisotopic (exact) mass is 476 g/mol. The van der Waals surface area contributed by atoms with Gasteiger partial charge in [0, 0.05) is 18.5 Å². The molecule has 0 fully saturated rings. The second-order valence-electron chi connectivity index (χ2n) is 9.69. The number of halogens is 1. The summed E-state index contributed by atoms with van der Waals surface area (Å²) < 4.78 is 18.9. The topological polar surface area (TPSA) is 58.6 Å². The molecule has 0 saturated heterocycles. The maximum Gasteiger partial charge on any atom is 0.261 e. The molecule has 0 aromatic heterocycles. The molecule has 3 rings (SSSR count). The number of ether oxygens (including phenoxy) is 1. The molecule has 0 aliphatic heterocycles. The van der Waals surface area contributed by atoms with Crippen molar-refractivity contribution in [2.45, 2.75) is 52.2 Å². The lowest BCUT2D eigenvalue weighted by molar-refractivity contribution is -0.143. The minimum atomic E-state index is -0.748. The van der Waals surface area contributed by atoms with Crippen molar-refractivity contribution in [2.75, 3.05) is 6.61 Å². The van der Waals surface area contributed by atoms with Gasteiger partial charge >= 0.3 is 0 Å². The van der Waals surface area contributed by atoms with E-state index in [1.165, 1.54) is 24.3 Å². The highest BCUT2D eigenvalue weighted by atomic mass is 19.1. The summed E-state index contributed by atoms with van der Waals surface area (Å²) in [5.41, 5.74) is 2.50. The van der Waals surface area contributed by atoms with E-state index in [0.29, 0.717) is 12.2 Å². The van der Waals surface area contributed by atoms with Crippen LogP contribution in [0.25, 0.3) is 0 Å². The number of hydrogen-bond donors (Lipinski definition) is 1. The molecule has 2 amide bonds. The van der Waals surface area contributed by atoms with E-state index in [1.807, 2.05) is 82.3 Å². The highest BCUT2D eigenvalue weighted by molar-refractivity contribution is 5.89. The second kappa shape index (κ2) is 11.6. The van der Waals surface area contributed by atoms with Crippen LogP contribution < -0.4 is 10.1 Å². The van der Waals surface area contributed by atoms with Crippen LogP contribution in [-0.4, -0.2) is 34.9 Å². The highest BCUT2D eigenvalue weighted by Gasteiger charge is 2.32. The largest absolute Gasteiger partial charge is 0.484 e. The zero-order valence-corrected chi connectivity index (χ0v) is 20.8. The number of carbonyl (C=O) groups is 2. The van der Waals surface area contributed by atoms with Gasteiger partial charge in [0.1, 0.15) is 17.6 Å². The Bertz CT molecular complexity index is 1110. The zero-order valence-electron chi connectivity index (χ0n) is 20.8. The van der Waals surface area contributed by atoms with E-state index in [-0.39, 0.29) is 30.8 Å². The first-order chi connectivity index (χ1) is 16.6. The highest BCUT2D eigenvalue weighted by Crippen LogP contribution is 2.18. The lowest BCUT2D eigenvalue weighted by Gasteiger charge is -2.33. The van der Waals surface area contributed by atoms with Gasteiger partial charge in [-0.25, -0.2) is 4.39 Å². The fourth-order valence-corrected chi connectivity index (χ4v) is 3.66. The third kappa shape index (κ3) is 8.25. The Balaban J connectivity index is 1.91. The SMILES string of the molecule is Cc1ccc(CN(C(=O)COc2ccc(F)cc2)[C@@H](Cc2ccccc2)C(=O)NC(C)(C)C)cc1. The standard InChI is InChI=1S/C29H33FN2O3/c1-21-10-12-23(13-11-21)19-32(27(33)20-35-25-16-14-24(30)15-17-25)26(28(34)31-29(2,3)4)18-22-8-6-5-7-9-22/h5-17,26H,18-20H2,1-4H3,(H,31,34)/t26-/m0/s1. The maximum atomic E-state index is 13.5. The second-order valence-corrected chi connectivity index (χ2v) is 9.69. The van der Waals surface area contributed by atoms with E-state index in [2.05, 4.69) is 5.32 Å². The molecule has 3 aromatic carbocycles. The summed E-state index contributed by atoms with van der Waals surface area (Å²) in [6.07, 6.45) is 0.358. The number of carbonyl (C=O) groups excluding carboxylic acids is 2. The van der Waals surface area contributed by atoms with Crippen molar-refractivity contribution >= 4 is 11.8 Å². The van der Waals surface area contributed by atoms with Gasteiger partial charge in [0.15, 0.2) is 6.61 Å². The molecule has 0 radical (unpaired) electrons. The molecular formula is C29H33FN2O3. The van der Waals surface area contributed by atoms with Crippen LogP contribution in [0.4, 0.5) is 4.39 Å². The predicted molar refractivity (Wildman–Crippen MR) is 135 cm³/mol. The van der Waals surface area contributed by atoms with E-state index in [1.54, 1.807) is 4.90 Å². The lowest BCUT2D eigenvalue weighted by Crippen LogP contribution is -2.55. The van der Waals surface area contributed by atoms with Crippen molar-refractivity contribution < 1.29 is 18.7 Å². The minimum Gasteiger partial charge on any atom is -0.484 e. The van der Waals surface area contributed by atoms with Crippen molar-refractivity contribution in [3.63, 3.8) is 0 Å². The molecule has 35 heavy (non-hydrogen) atoms. The van der Waals surface area contributed by atoms with Crippen LogP contribution in [0.1, 0.15) is 37.5 Å². The molecule has 0 bridgehead atoms. The number of aryl methyl sites for hydroxylation is 1. The summed E-state index contributed by atoms with van der Waals surface area (Å²) in [5, 5.41) is 3.03. The third-order valence-electron chi connectivity index (χ3n) is 5.42. The molecule has 3 aromatic rings. The van der Waals surface area contributed by atoms with Crippen molar-refractivity contribution in [3.05, 3.63) is 101 Å². The molecule has 0 aliphatic carbocycles. The first kappa shape index (κ1) is 25.9. The molecule has 1 atom stereocenters. The number of hydrogen-bond acceptors (Lipinski definition) is 3. The van der Waals surface area contributed by atoms with E-state index >= 15 is 0 Å². The van der Waals surface area contributed by atoms with Gasteiger partial charge in [0.25, 0.3) is 5.91 Å². The van der Waals surface area contributed by atoms with Gasteiger partial charge in [-0.15, -0.1) is 0 Å². The molecule has 1 N–H and O–H groups in total. The minimum absolute atomic E-state index is 0.233. The summed E-state index contributed by atoms with van der Waals surface area (Å²) in [4.78, 5) is 28.6. The van der Waals surface area contributed by atoms with Crippen LogP contribution in [-0.2, 0) is 22.6 Å². The van der Waals surface area contributed by atoms with Crippen LogP contribution in [0.15, 0.2) is 78.9 Å². The third-order valence-corrected chi connectivity index (χ3v) is 5.42. The Labute approximate surface area is 206 Å². The smallest absolute Gasteiger partial charge is 0.261 e. The van der Waals surface area contributed by atoms with Gasteiger partial charge in [-0.3, -0.25) is 9.59 Å². The van der Waals surface area contributed by atoms with Crippen molar-refractivity contribution in [1.82, 2.24) is 10.2 Å². The van der Waals surface area contributed by atoms with E-state index in [0.717, 1.165) is 16.7 Å². The Hall–Kier alpha value is -3.67. The number of nitrogens with one attached hydrogen (secondary N) is 1. The molecule has 0 aliphatic rings. The number of amides is 2. The number of nitrogens with zero attached hydrogens (tertiary/aromatic N) is 1. The normalized spacial score (nSPS) is 12.0. The molecule has 0 heterocycles. The first-order valence-electron chi connectivity index (χ1n) is 11.7. The molecule has 0 spiro atoms. The van der Waals surface area contributed by atoms with Gasteiger partial charge in [-0.1, -0.05) is 60.2 Å². The Morgan fingerprint density at radius 2 is 1.54 bits per heavy atom. The summed E-state index contributed by atoms with van der Waals surface area (Å²) in [6.45, 7) is 7.71. The fraction of sp³-hybridized carbons (Fsp3) is 0.310. The summed E-state index contributed by atoms with van der Waals surface area (Å²) in [5.74, 6) is -0.566. The average molecular weight is 477 g/mol. The summed E-state index contributed by atoms with van der Waals surface area (Å²) >= 11 is 0. The van der Waals surface area contributed by atoms with Crippen molar-refractivity contribution in [3.8, 4) is 5.75 Å². The van der Waals surface area contributed by atoms with Crippen LogP contribution >= 0.6 is 0 Å². The van der Waals surface area contributed by atoms with Crippen LogP contribution in [0.3, 0.4) is 0 Å². The van der Waals surface area contributed by atoms with E-state index in [9.17, 15) is 14.0 Å². The Morgan fingerprint density at radius 1 is 0.914 bits per heavy atom. The molecular weight excluding hydrogens is 443 g/mol. The van der Waals surface area contributed by atoms with Crippen molar-refractivity contribution in [1.29, 1.82) is 0 Å². The van der Waals surface area contributed by atoms with Gasteiger partial charge < -0.3 is 15.0 Å². The molecule has 0 unspecified atom stereocenters.